The average Bonchev–Trinajstić information content (AvgIpc) is 2.13. The molecule has 0 saturated heterocycles. The first kappa shape index (κ1) is 14.8. The molecule has 0 aromatic rings. The molecule has 0 heterocycles. The van der Waals surface area contributed by atoms with Gasteiger partial charge < -0.3 is 15.4 Å². The van der Waals surface area contributed by atoms with E-state index in [1.54, 1.807) is 0 Å². The van der Waals surface area contributed by atoms with Crippen molar-refractivity contribution in [3.63, 3.8) is 0 Å². The SMILES string of the molecule is CCC(CC(N)=S)N(C)CCOC(C)C. The molecule has 0 aliphatic carbocycles. The summed E-state index contributed by atoms with van der Waals surface area (Å²) < 4.78 is 5.51. The van der Waals surface area contributed by atoms with Gasteiger partial charge in [-0.1, -0.05) is 19.1 Å². The second-order valence-corrected chi connectivity index (χ2v) is 4.66. The predicted octanol–water partition coefficient (Wildman–Crippen LogP) is 1.80. The van der Waals surface area contributed by atoms with Crippen molar-refractivity contribution >= 4 is 17.2 Å². The highest BCUT2D eigenvalue weighted by Gasteiger charge is 2.13. The molecule has 0 bridgehead atoms. The largest absolute Gasteiger partial charge is 0.393 e. The fraction of sp³-hybridized carbons (Fsp3) is 0.909. The van der Waals surface area contributed by atoms with Crippen molar-refractivity contribution in [3.8, 4) is 0 Å². The normalized spacial score (nSPS) is 13.5. The van der Waals surface area contributed by atoms with Gasteiger partial charge in [0.15, 0.2) is 0 Å². The van der Waals surface area contributed by atoms with Crippen LogP contribution in [0.2, 0.25) is 0 Å². The molecular weight excluding hydrogens is 208 g/mol. The smallest absolute Gasteiger partial charge is 0.0743 e. The summed E-state index contributed by atoms with van der Waals surface area (Å²) in [4.78, 5) is 2.86. The molecular formula is C11H24N2OS. The van der Waals surface area contributed by atoms with Crippen molar-refractivity contribution in [2.45, 2.75) is 45.8 Å². The van der Waals surface area contributed by atoms with Crippen LogP contribution in [0.4, 0.5) is 0 Å². The fourth-order valence-corrected chi connectivity index (χ4v) is 1.65. The molecule has 0 aliphatic rings. The molecule has 4 heteroatoms. The molecule has 0 spiro atoms. The molecule has 0 rings (SSSR count). The van der Waals surface area contributed by atoms with E-state index in [2.05, 4.69) is 18.9 Å². The van der Waals surface area contributed by atoms with Gasteiger partial charge in [0.25, 0.3) is 0 Å². The molecule has 15 heavy (non-hydrogen) atoms. The lowest BCUT2D eigenvalue weighted by Gasteiger charge is -2.26. The van der Waals surface area contributed by atoms with E-state index >= 15 is 0 Å². The van der Waals surface area contributed by atoms with Crippen LogP contribution in [-0.2, 0) is 4.74 Å². The standard InChI is InChI=1S/C11H24N2OS/c1-5-10(8-11(12)15)13(4)6-7-14-9(2)3/h9-10H,5-8H2,1-4H3,(H2,12,15). The van der Waals surface area contributed by atoms with Crippen LogP contribution in [0.1, 0.15) is 33.6 Å². The van der Waals surface area contributed by atoms with Gasteiger partial charge in [-0.15, -0.1) is 0 Å². The highest BCUT2D eigenvalue weighted by Crippen LogP contribution is 2.06. The zero-order valence-electron chi connectivity index (χ0n) is 10.3. The van der Waals surface area contributed by atoms with E-state index < -0.39 is 0 Å². The first-order valence-electron chi connectivity index (χ1n) is 5.57. The third kappa shape index (κ3) is 7.71. The molecule has 0 aromatic carbocycles. The van der Waals surface area contributed by atoms with E-state index in [1.807, 2.05) is 13.8 Å². The van der Waals surface area contributed by atoms with E-state index in [1.165, 1.54) is 0 Å². The van der Waals surface area contributed by atoms with Crippen molar-refractivity contribution in [3.05, 3.63) is 0 Å². The third-order valence-corrected chi connectivity index (χ3v) is 2.59. The Bertz CT molecular complexity index is 185. The molecule has 0 amide bonds. The van der Waals surface area contributed by atoms with Gasteiger partial charge in [0.1, 0.15) is 0 Å². The van der Waals surface area contributed by atoms with Crippen molar-refractivity contribution < 1.29 is 4.74 Å². The molecule has 90 valence electrons. The Kier molecular flexibility index (Phi) is 7.92. The van der Waals surface area contributed by atoms with Crippen LogP contribution >= 0.6 is 12.2 Å². The van der Waals surface area contributed by atoms with Gasteiger partial charge in [-0.25, -0.2) is 0 Å². The Morgan fingerprint density at radius 3 is 2.47 bits per heavy atom. The quantitative estimate of drug-likeness (QED) is 0.648. The third-order valence-electron chi connectivity index (χ3n) is 2.43. The molecule has 1 unspecified atom stereocenters. The number of nitrogens with zero attached hydrogens (tertiary/aromatic N) is 1. The lowest BCUT2D eigenvalue weighted by Crippen LogP contribution is -2.36. The van der Waals surface area contributed by atoms with E-state index in [0.29, 0.717) is 17.1 Å². The fourth-order valence-electron chi connectivity index (χ4n) is 1.46. The molecule has 0 aromatic heterocycles. The van der Waals surface area contributed by atoms with Crippen molar-refractivity contribution in [2.24, 2.45) is 5.73 Å². The van der Waals surface area contributed by atoms with Gasteiger partial charge in [0.2, 0.25) is 0 Å². The molecule has 1 atom stereocenters. The molecule has 3 nitrogen and oxygen atoms in total. The first-order chi connectivity index (χ1) is 6.97. The number of hydrogen-bond acceptors (Lipinski definition) is 3. The maximum absolute atomic E-state index is 5.56. The number of rotatable bonds is 8. The zero-order valence-corrected chi connectivity index (χ0v) is 11.1. The molecule has 0 radical (unpaired) electrons. The maximum atomic E-state index is 5.56. The summed E-state index contributed by atoms with van der Waals surface area (Å²) in [7, 11) is 2.09. The van der Waals surface area contributed by atoms with Gasteiger partial charge in [0.05, 0.1) is 17.7 Å². The van der Waals surface area contributed by atoms with Crippen LogP contribution in [0.15, 0.2) is 0 Å². The number of nitrogens with two attached hydrogens (primary N) is 1. The van der Waals surface area contributed by atoms with Crippen molar-refractivity contribution in [2.75, 3.05) is 20.2 Å². The van der Waals surface area contributed by atoms with Crippen LogP contribution in [-0.4, -0.2) is 42.2 Å². The highest BCUT2D eigenvalue weighted by atomic mass is 32.1. The molecule has 2 N–H and O–H groups in total. The van der Waals surface area contributed by atoms with Gasteiger partial charge in [-0.2, -0.15) is 0 Å². The van der Waals surface area contributed by atoms with Gasteiger partial charge in [-0.05, 0) is 27.3 Å². The Morgan fingerprint density at radius 1 is 1.47 bits per heavy atom. The van der Waals surface area contributed by atoms with Crippen molar-refractivity contribution in [1.82, 2.24) is 4.90 Å². The first-order valence-corrected chi connectivity index (χ1v) is 5.98. The summed E-state index contributed by atoms with van der Waals surface area (Å²) in [6.45, 7) is 7.95. The summed E-state index contributed by atoms with van der Waals surface area (Å²) in [5.41, 5.74) is 5.56. The summed E-state index contributed by atoms with van der Waals surface area (Å²) in [5.74, 6) is 0. The minimum atomic E-state index is 0.300. The van der Waals surface area contributed by atoms with E-state index in [9.17, 15) is 0 Å². The van der Waals surface area contributed by atoms with E-state index in [0.717, 1.165) is 26.0 Å². The minimum absolute atomic E-state index is 0.300. The lowest BCUT2D eigenvalue weighted by molar-refractivity contribution is 0.0560. The molecule has 0 aliphatic heterocycles. The monoisotopic (exact) mass is 232 g/mol. The van der Waals surface area contributed by atoms with E-state index in [-0.39, 0.29) is 0 Å². The summed E-state index contributed by atoms with van der Waals surface area (Å²) >= 11 is 4.93. The van der Waals surface area contributed by atoms with E-state index in [4.69, 9.17) is 22.7 Å². The molecule has 0 saturated carbocycles. The Hall–Kier alpha value is -0.190. The van der Waals surface area contributed by atoms with Crippen LogP contribution in [0.3, 0.4) is 0 Å². The highest BCUT2D eigenvalue weighted by molar-refractivity contribution is 7.80. The van der Waals surface area contributed by atoms with Crippen molar-refractivity contribution in [1.29, 1.82) is 0 Å². The Balaban J connectivity index is 3.82. The van der Waals surface area contributed by atoms with Crippen LogP contribution in [0.5, 0.6) is 0 Å². The lowest BCUT2D eigenvalue weighted by atomic mass is 10.1. The van der Waals surface area contributed by atoms with Crippen LogP contribution < -0.4 is 5.73 Å². The number of ether oxygens (including phenoxy) is 1. The topological polar surface area (TPSA) is 38.5 Å². The maximum Gasteiger partial charge on any atom is 0.0743 e. The minimum Gasteiger partial charge on any atom is -0.393 e. The summed E-state index contributed by atoms with van der Waals surface area (Å²) in [5, 5.41) is 0. The zero-order chi connectivity index (χ0) is 11.8. The number of likely N-dealkylation sites (N-methyl/N-ethyl adjacent to an activating group) is 1. The van der Waals surface area contributed by atoms with Crippen LogP contribution in [0.25, 0.3) is 0 Å². The van der Waals surface area contributed by atoms with Crippen LogP contribution in [0, 0.1) is 0 Å². The second kappa shape index (κ2) is 8.02. The Labute approximate surface area is 99.0 Å². The second-order valence-electron chi connectivity index (χ2n) is 4.13. The van der Waals surface area contributed by atoms with Gasteiger partial charge in [-0.3, -0.25) is 0 Å². The Morgan fingerprint density at radius 2 is 2.07 bits per heavy atom. The summed E-state index contributed by atoms with van der Waals surface area (Å²) in [6.07, 6.45) is 2.16. The predicted molar refractivity (Wildman–Crippen MR) is 69.2 cm³/mol. The molecule has 0 fully saturated rings. The summed E-state index contributed by atoms with van der Waals surface area (Å²) in [6, 6.07) is 0.443. The van der Waals surface area contributed by atoms with Gasteiger partial charge >= 0.3 is 0 Å². The van der Waals surface area contributed by atoms with Gasteiger partial charge in [0, 0.05) is 19.0 Å². The average molecular weight is 232 g/mol. The number of hydrogen-bond donors (Lipinski definition) is 1. The number of thiocarbonyl (C=S) groups is 1.